The minimum atomic E-state index is -4.60. The summed E-state index contributed by atoms with van der Waals surface area (Å²) in [4.78, 5) is 37.8. The predicted octanol–water partition coefficient (Wildman–Crippen LogP) is 3.32. The zero-order valence-corrected chi connectivity index (χ0v) is 23.1. The normalized spacial score (nSPS) is 17.8. The highest BCUT2D eigenvalue weighted by Crippen LogP contribution is 2.29. The topological polar surface area (TPSA) is 125 Å². The van der Waals surface area contributed by atoms with Gasteiger partial charge in [0.2, 0.25) is 15.9 Å². The Morgan fingerprint density at radius 3 is 2.05 bits per heavy atom. The largest absolute Gasteiger partial charge is 0.416 e. The molecule has 3 N–H and O–H groups in total. The molecule has 1 saturated carbocycles. The maximum atomic E-state index is 12.9. The minimum absolute atomic E-state index is 0.0859. The summed E-state index contributed by atoms with van der Waals surface area (Å²) in [5.74, 6) is -1.78. The molecule has 0 aromatic heterocycles. The number of hydrogen-bond donors (Lipinski definition) is 3. The van der Waals surface area contributed by atoms with Crippen molar-refractivity contribution in [2.45, 2.75) is 62.7 Å². The van der Waals surface area contributed by atoms with Gasteiger partial charge in [0.1, 0.15) is 0 Å². The van der Waals surface area contributed by atoms with E-state index in [-0.39, 0.29) is 16.0 Å². The molecule has 2 aromatic carbocycles. The summed E-state index contributed by atoms with van der Waals surface area (Å²) in [7, 11) is -3.66. The molecule has 0 saturated heterocycles. The first-order valence-corrected chi connectivity index (χ1v) is 14.5. The van der Waals surface area contributed by atoms with Crippen LogP contribution in [0.2, 0.25) is 0 Å². The van der Waals surface area contributed by atoms with Crippen LogP contribution in [-0.2, 0) is 21.0 Å². The van der Waals surface area contributed by atoms with Crippen LogP contribution in [0.5, 0.6) is 0 Å². The average molecular weight is 583 g/mol. The maximum Gasteiger partial charge on any atom is 0.416 e. The quantitative estimate of drug-likeness (QED) is 0.397. The molecule has 0 heterocycles. The number of alkyl halides is 3. The van der Waals surface area contributed by atoms with Crippen LogP contribution in [0.4, 0.5) is 13.2 Å². The fraction of sp³-hybridized carbons (Fsp3) is 0.444. The molecule has 2 atom stereocenters. The third-order valence-corrected chi connectivity index (χ3v) is 8.81. The van der Waals surface area contributed by atoms with Crippen molar-refractivity contribution in [3.05, 3.63) is 65.2 Å². The second-order valence-corrected chi connectivity index (χ2v) is 11.4. The molecule has 0 spiro atoms. The van der Waals surface area contributed by atoms with E-state index in [4.69, 9.17) is 0 Å². The van der Waals surface area contributed by atoms with Gasteiger partial charge in [-0.2, -0.15) is 17.5 Å². The Kier molecular flexibility index (Phi) is 10.3. The molecule has 0 aliphatic heterocycles. The Bertz CT molecular complexity index is 1310. The van der Waals surface area contributed by atoms with Gasteiger partial charge < -0.3 is 16.0 Å². The zero-order chi connectivity index (χ0) is 29.5. The van der Waals surface area contributed by atoms with Gasteiger partial charge in [-0.05, 0) is 55.3 Å². The SMILES string of the molecule is CCN(CC)S(=O)(=O)c1ccc(C(=O)N[C@H]2CCCC[C@H]2NC(=O)CNC(=O)c2cccc(C(F)(F)F)c2)cc1. The molecule has 9 nitrogen and oxygen atoms in total. The first-order chi connectivity index (χ1) is 18.9. The van der Waals surface area contributed by atoms with Crippen molar-refractivity contribution in [3.63, 3.8) is 0 Å². The smallest absolute Gasteiger partial charge is 0.350 e. The number of carbonyl (C=O) groups excluding carboxylic acids is 3. The van der Waals surface area contributed by atoms with Gasteiger partial charge in [0.15, 0.2) is 0 Å². The number of rotatable bonds is 10. The Balaban J connectivity index is 1.58. The summed E-state index contributed by atoms with van der Waals surface area (Å²) in [6, 6.07) is 8.73. The summed E-state index contributed by atoms with van der Waals surface area (Å²) in [6.07, 6.45) is -1.78. The van der Waals surface area contributed by atoms with Crippen LogP contribution in [0.1, 0.15) is 65.8 Å². The first kappa shape index (κ1) is 31.1. The molecule has 0 bridgehead atoms. The van der Waals surface area contributed by atoms with E-state index in [2.05, 4.69) is 16.0 Å². The van der Waals surface area contributed by atoms with Gasteiger partial charge in [-0.25, -0.2) is 8.42 Å². The van der Waals surface area contributed by atoms with Gasteiger partial charge in [0.25, 0.3) is 11.8 Å². The van der Waals surface area contributed by atoms with Crippen LogP contribution >= 0.6 is 0 Å². The fourth-order valence-electron chi connectivity index (χ4n) is 4.58. The van der Waals surface area contributed by atoms with Crippen LogP contribution in [-0.4, -0.2) is 62.2 Å². The maximum absolute atomic E-state index is 12.9. The molecular formula is C27H33F3N4O5S. The molecular weight excluding hydrogens is 549 g/mol. The number of nitrogens with one attached hydrogen (secondary N) is 3. The van der Waals surface area contributed by atoms with Gasteiger partial charge in [-0.1, -0.05) is 32.8 Å². The van der Waals surface area contributed by atoms with Crippen molar-refractivity contribution in [1.29, 1.82) is 0 Å². The molecule has 1 aliphatic carbocycles. The van der Waals surface area contributed by atoms with Crippen LogP contribution in [0.15, 0.2) is 53.4 Å². The van der Waals surface area contributed by atoms with E-state index < -0.39 is 58.1 Å². The molecule has 3 amide bonds. The fourth-order valence-corrected chi connectivity index (χ4v) is 6.03. The number of halogens is 3. The molecule has 40 heavy (non-hydrogen) atoms. The van der Waals surface area contributed by atoms with Crippen molar-refractivity contribution in [2.24, 2.45) is 0 Å². The van der Waals surface area contributed by atoms with Crippen molar-refractivity contribution in [2.75, 3.05) is 19.6 Å². The van der Waals surface area contributed by atoms with Gasteiger partial charge >= 0.3 is 6.18 Å². The highest BCUT2D eigenvalue weighted by Gasteiger charge is 2.31. The Labute approximate surface area is 231 Å². The lowest BCUT2D eigenvalue weighted by Gasteiger charge is -2.33. The number of carbonyl (C=O) groups is 3. The number of sulfonamides is 1. The van der Waals surface area contributed by atoms with Crippen LogP contribution in [0, 0.1) is 0 Å². The average Bonchev–Trinajstić information content (AvgIpc) is 2.93. The van der Waals surface area contributed by atoms with Crippen LogP contribution < -0.4 is 16.0 Å². The monoisotopic (exact) mass is 582 g/mol. The van der Waals surface area contributed by atoms with Gasteiger partial charge in [-0.3, -0.25) is 14.4 Å². The lowest BCUT2D eigenvalue weighted by Crippen LogP contribution is -2.54. The lowest BCUT2D eigenvalue weighted by molar-refractivity contribution is -0.137. The van der Waals surface area contributed by atoms with Crippen molar-refractivity contribution < 1.29 is 36.0 Å². The van der Waals surface area contributed by atoms with E-state index in [9.17, 15) is 36.0 Å². The zero-order valence-electron chi connectivity index (χ0n) is 22.3. The molecule has 218 valence electrons. The second kappa shape index (κ2) is 13.3. The van der Waals surface area contributed by atoms with E-state index >= 15 is 0 Å². The van der Waals surface area contributed by atoms with Crippen LogP contribution in [0.3, 0.4) is 0 Å². The highest BCUT2D eigenvalue weighted by molar-refractivity contribution is 7.89. The minimum Gasteiger partial charge on any atom is -0.350 e. The summed E-state index contributed by atoms with van der Waals surface area (Å²) >= 11 is 0. The molecule has 0 unspecified atom stereocenters. The Morgan fingerprint density at radius 2 is 1.48 bits per heavy atom. The Hall–Kier alpha value is -3.45. The molecule has 3 rings (SSSR count). The standard InChI is InChI=1S/C27H33F3N4O5S/c1-3-34(4-2)40(38,39)21-14-12-18(13-15-21)26(37)33-23-11-6-5-10-22(23)32-24(35)17-31-25(36)19-8-7-9-20(16-19)27(28,29)30/h7-9,12-16,22-23H,3-6,10-11,17H2,1-2H3,(H,31,36)(H,32,35)(H,33,37)/t22-,23+/m1/s1. The number of benzene rings is 2. The van der Waals surface area contributed by atoms with E-state index in [1.54, 1.807) is 13.8 Å². The highest BCUT2D eigenvalue weighted by atomic mass is 32.2. The van der Waals surface area contributed by atoms with Gasteiger partial charge in [-0.15, -0.1) is 0 Å². The second-order valence-electron chi connectivity index (χ2n) is 9.41. The van der Waals surface area contributed by atoms with Crippen molar-refractivity contribution in [1.82, 2.24) is 20.3 Å². The van der Waals surface area contributed by atoms with E-state index in [0.29, 0.717) is 32.0 Å². The van der Waals surface area contributed by atoms with E-state index in [1.807, 2.05) is 0 Å². The Morgan fingerprint density at radius 1 is 0.875 bits per heavy atom. The third kappa shape index (κ3) is 7.81. The summed E-state index contributed by atoms with van der Waals surface area (Å²) < 4.78 is 65.4. The van der Waals surface area contributed by atoms with Crippen molar-refractivity contribution in [3.8, 4) is 0 Å². The molecule has 1 aliphatic rings. The molecule has 2 aromatic rings. The molecule has 0 radical (unpaired) electrons. The molecule has 13 heteroatoms. The van der Waals surface area contributed by atoms with Crippen molar-refractivity contribution >= 4 is 27.7 Å². The number of nitrogens with zero attached hydrogens (tertiary/aromatic N) is 1. The summed E-state index contributed by atoms with van der Waals surface area (Å²) in [5.41, 5.74) is -0.922. The first-order valence-electron chi connectivity index (χ1n) is 13.0. The van der Waals surface area contributed by atoms with E-state index in [0.717, 1.165) is 25.0 Å². The van der Waals surface area contributed by atoms with Crippen LogP contribution in [0.25, 0.3) is 0 Å². The number of hydrogen-bond acceptors (Lipinski definition) is 5. The predicted molar refractivity (Wildman–Crippen MR) is 142 cm³/mol. The lowest BCUT2D eigenvalue weighted by atomic mass is 9.90. The third-order valence-electron chi connectivity index (χ3n) is 6.75. The van der Waals surface area contributed by atoms with E-state index in [1.165, 1.54) is 34.6 Å². The van der Waals surface area contributed by atoms with Gasteiger partial charge in [0.05, 0.1) is 17.0 Å². The van der Waals surface area contributed by atoms with Gasteiger partial charge in [0, 0.05) is 36.3 Å². The summed E-state index contributed by atoms with van der Waals surface area (Å²) in [6.45, 7) is 3.68. The molecule has 1 fully saturated rings. The summed E-state index contributed by atoms with van der Waals surface area (Å²) in [5, 5.41) is 8.01. The number of amides is 3.